The van der Waals surface area contributed by atoms with E-state index < -0.39 is 5.56 Å². The second-order valence-corrected chi connectivity index (χ2v) is 6.57. The fourth-order valence-electron chi connectivity index (χ4n) is 2.81. The lowest BCUT2D eigenvalue weighted by molar-refractivity contribution is 0.0965. The first-order valence-corrected chi connectivity index (χ1v) is 8.44. The van der Waals surface area contributed by atoms with Gasteiger partial charge in [0.15, 0.2) is 5.78 Å². The normalized spacial score (nSPS) is 11.0. The molecule has 2 aromatic heterocycles. The molecule has 0 fully saturated rings. The minimum atomic E-state index is -0.625. The third kappa shape index (κ3) is 3.30. The van der Waals surface area contributed by atoms with E-state index in [1.54, 1.807) is 25.1 Å². The molecule has 0 bridgehead atoms. The zero-order valence-corrected chi connectivity index (χ0v) is 15.5. The number of benzene rings is 1. The maximum Gasteiger partial charge on any atom is 0.287 e. The van der Waals surface area contributed by atoms with E-state index in [2.05, 4.69) is 5.10 Å². The number of Topliss-reactive ketones (excluding diaryl/α,β-unsaturated/α-hetero) is 1. The van der Waals surface area contributed by atoms with E-state index in [0.29, 0.717) is 11.3 Å². The summed E-state index contributed by atoms with van der Waals surface area (Å²) in [5.74, 6) is -0.628. The molecule has 3 rings (SSSR count). The maximum atomic E-state index is 13.2. The monoisotopic (exact) mass is 393 g/mol. The van der Waals surface area contributed by atoms with Crippen molar-refractivity contribution in [1.29, 1.82) is 0 Å². The number of halogens is 3. The molecule has 0 unspecified atom stereocenters. The SMILES string of the molecule is Cc1cc(C(=O)Cn2ncc(Cl)c(Cl)c2=O)c(C)n1-c1ccc(F)cc1. The Morgan fingerprint density at radius 2 is 1.85 bits per heavy atom. The van der Waals surface area contributed by atoms with E-state index in [4.69, 9.17) is 23.2 Å². The minimum absolute atomic E-state index is 0.0369. The second kappa shape index (κ2) is 7.05. The molecule has 134 valence electrons. The van der Waals surface area contributed by atoms with Gasteiger partial charge in [0.25, 0.3) is 5.56 Å². The van der Waals surface area contributed by atoms with Crippen molar-refractivity contribution in [3.05, 3.63) is 79.7 Å². The Morgan fingerprint density at radius 3 is 2.50 bits per heavy atom. The zero-order valence-electron chi connectivity index (χ0n) is 14.0. The van der Waals surface area contributed by atoms with Crippen LogP contribution in [0.3, 0.4) is 0 Å². The molecule has 0 aliphatic carbocycles. The van der Waals surface area contributed by atoms with Gasteiger partial charge in [-0.2, -0.15) is 5.10 Å². The van der Waals surface area contributed by atoms with Gasteiger partial charge in [-0.25, -0.2) is 9.07 Å². The second-order valence-electron chi connectivity index (χ2n) is 5.79. The fraction of sp³-hybridized carbons (Fsp3) is 0.167. The van der Waals surface area contributed by atoms with Crippen LogP contribution in [0.15, 0.2) is 41.3 Å². The summed E-state index contributed by atoms with van der Waals surface area (Å²) in [5, 5.41) is 3.71. The molecule has 2 heterocycles. The number of nitrogens with zero attached hydrogens (tertiary/aromatic N) is 3. The topological polar surface area (TPSA) is 56.9 Å². The smallest absolute Gasteiger partial charge is 0.287 e. The summed E-state index contributed by atoms with van der Waals surface area (Å²) in [5.41, 5.74) is 2.07. The highest BCUT2D eigenvalue weighted by molar-refractivity contribution is 6.41. The summed E-state index contributed by atoms with van der Waals surface area (Å²) < 4.78 is 16.0. The number of hydrogen-bond acceptors (Lipinski definition) is 3. The van der Waals surface area contributed by atoms with Crippen LogP contribution in [0.5, 0.6) is 0 Å². The van der Waals surface area contributed by atoms with Crippen LogP contribution in [-0.4, -0.2) is 20.1 Å². The fourth-order valence-corrected chi connectivity index (χ4v) is 3.08. The Balaban J connectivity index is 1.97. The first-order chi connectivity index (χ1) is 12.3. The molecule has 0 amide bonds. The van der Waals surface area contributed by atoms with Gasteiger partial charge in [-0.05, 0) is 44.2 Å². The predicted octanol–water partition coefficient (Wildman–Crippen LogP) is 3.98. The van der Waals surface area contributed by atoms with Gasteiger partial charge in [-0.1, -0.05) is 23.2 Å². The summed E-state index contributed by atoms with van der Waals surface area (Å²) in [6.45, 7) is 3.37. The van der Waals surface area contributed by atoms with Crippen LogP contribution >= 0.6 is 23.2 Å². The average molecular weight is 394 g/mol. The molecule has 5 nitrogen and oxygen atoms in total. The van der Waals surface area contributed by atoms with Gasteiger partial charge in [-0.3, -0.25) is 9.59 Å². The first kappa shape index (κ1) is 18.4. The van der Waals surface area contributed by atoms with Gasteiger partial charge in [0, 0.05) is 22.6 Å². The summed E-state index contributed by atoms with van der Waals surface area (Å²) in [4.78, 5) is 24.7. The van der Waals surface area contributed by atoms with E-state index >= 15 is 0 Å². The molecule has 0 radical (unpaired) electrons. The highest BCUT2D eigenvalue weighted by Crippen LogP contribution is 2.22. The van der Waals surface area contributed by atoms with Gasteiger partial charge >= 0.3 is 0 Å². The number of hydrogen-bond donors (Lipinski definition) is 0. The Labute approximate surface area is 158 Å². The van der Waals surface area contributed by atoms with Crippen LogP contribution in [-0.2, 0) is 6.54 Å². The lowest BCUT2D eigenvalue weighted by Gasteiger charge is -2.10. The molecule has 0 N–H and O–H groups in total. The third-order valence-corrected chi connectivity index (χ3v) is 4.80. The number of carbonyl (C=O) groups is 1. The number of rotatable bonds is 4. The molecule has 0 aliphatic rings. The molecule has 0 atom stereocenters. The van der Waals surface area contributed by atoms with E-state index in [1.165, 1.54) is 18.3 Å². The maximum absolute atomic E-state index is 13.2. The highest BCUT2D eigenvalue weighted by atomic mass is 35.5. The summed E-state index contributed by atoms with van der Waals surface area (Å²) in [7, 11) is 0. The Hall–Kier alpha value is -2.44. The summed E-state index contributed by atoms with van der Waals surface area (Å²) in [6, 6.07) is 7.70. The Bertz CT molecular complexity index is 1060. The molecule has 1 aromatic carbocycles. The van der Waals surface area contributed by atoms with Crippen molar-refractivity contribution in [1.82, 2.24) is 14.3 Å². The van der Waals surface area contributed by atoms with Crippen LogP contribution in [0.25, 0.3) is 5.69 Å². The van der Waals surface area contributed by atoms with Crippen LogP contribution in [0.1, 0.15) is 21.7 Å². The standard InChI is InChI=1S/C18H14Cl2FN3O2/c1-10-7-14(11(2)24(10)13-5-3-12(21)4-6-13)16(25)9-23-18(26)17(20)15(19)8-22-23/h3-8H,9H2,1-2H3. The number of aryl methyl sites for hydroxylation is 1. The molecule has 8 heteroatoms. The van der Waals surface area contributed by atoms with E-state index in [1.807, 2.05) is 11.5 Å². The lowest BCUT2D eigenvalue weighted by atomic mass is 10.1. The molecule has 3 aromatic rings. The van der Waals surface area contributed by atoms with Crippen molar-refractivity contribution >= 4 is 29.0 Å². The first-order valence-electron chi connectivity index (χ1n) is 7.68. The van der Waals surface area contributed by atoms with Crippen LogP contribution < -0.4 is 5.56 Å². The lowest BCUT2D eigenvalue weighted by Crippen LogP contribution is -2.27. The van der Waals surface area contributed by atoms with Crippen molar-refractivity contribution in [3.63, 3.8) is 0 Å². The highest BCUT2D eigenvalue weighted by Gasteiger charge is 2.19. The Morgan fingerprint density at radius 1 is 1.19 bits per heavy atom. The molecule has 0 spiro atoms. The number of ketones is 1. The Kier molecular flexibility index (Phi) is 4.98. The molecule has 0 saturated heterocycles. The zero-order chi connectivity index (χ0) is 19.0. The van der Waals surface area contributed by atoms with E-state index in [-0.39, 0.29) is 28.2 Å². The largest absolute Gasteiger partial charge is 0.318 e. The van der Waals surface area contributed by atoms with Gasteiger partial charge < -0.3 is 4.57 Å². The van der Waals surface area contributed by atoms with Crippen molar-refractivity contribution in [2.45, 2.75) is 20.4 Å². The van der Waals surface area contributed by atoms with Crippen LogP contribution in [0.2, 0.25) is 10.0 Å². The van der Waals surface area contributed by atoms with Crippen LogP contribution in [0.4, 0.5) is 4.39 Å². The summed E-state index contributed by atoms with van der Waals surface area (Å²) >= 11 is 11.6. The van der Waals surface area contributed by atoms with Gasteiger partial charge in [0.05, 0.1) is 11.2 Å². The van der Waals surface area contributed by atoms with Crippen molar-refractivity contribution in [2.24, 2.45) is 0 Å². The predicted molar refractivity (Wildman–Crippen MR) is 98.0 cm³/mol. The molecular weight excluding hydrogens is 380 g/mol. The average Bonchev–Trinajstić information content (AvgIpc) is 2.91. The van der Waals surface area contributed by atoms with Crippen molar-refractivity contribution < 1.29 is 9.18 Å². The number of aromatic nitrogens is 3. The van der Waals surface area contributed by atoms with Crippen LogP contribution in [0, 0.1) is 19.7 Å². The van der Waals surface area contributed by atoms with Crippen molar-refractivity contribution in [2.75, 3.05) is 0 Å². The molecular formula is C18H14Cl2FN3O2. The minimum Gasteiger partial charge on any atom is -0.318 e. The van der Waals surface area contributed by atoms with Gasteiger partial charge in [0.1, 0.15) is 17.4 Å². The van der Waals surface area contributed by atoms with Crippen molar-refractivity contribution in [3.8, 4) is 5.69 Å². The molecule has 0 aliphatic heterocycles. The summed E-state index contributed by atoms with van der Waals surface area (Å²) in [6.07, 6.45) is 1.22. The van der Waals surface area contributed by atoms with E-state index in [0.717, 1.165) is 16.1 Å². The molecule has 26 heavy (non-hydrogen) atoms. The third-order valence-electron chi connectivity index (χ3n) is 4.05. The number of carbonyl (C=O) groups excluding carboxylic acids is 1. The van der Waals surface area contributed by atoms with Gasteiger partial charge in [0.2, 0.25) is 0 Å². The van der Waals surface area contributed by atoms with Gasteiger partial charge in [-0.15, -0.1) is 0 Å². The molecule has 0 saturated carbocycles. The van der Waals surface area contributed by atoms with E-state index in [9.17, 15) is 14.0 Å². The quantitative estimate of drug-likeness (QED) is 0.629.